The Morgan fingerprint density at radius 2 is 2.56 bits per heavy atom. The second kappa shape index (κ2) is 1.85. The molecule has 0 bridgehead atoms. The molecule has 0 atom stereocenters. The maximum atomic E-state index is 10.1. The Balaban J connectivity index is 2.98. The van der Waals surface area contributed by atoms with E-state index in [1.54, 1.807) is 7.05 Å². The molecule has 48 valence electrons. The lowest BCUT2D eigenvalue weighted by Gasteiger charge is -1.80. The van der Waals surface area contributed by atoms with Crippen LogP contribution in [0.3, 0.4) is 0 Å². The molecule has 5 heteroatoms. The zero-order valence-corrected chi connectivity index (χ0v) is 4.77. The molecule has 5 nitrogen and oxygen atoms in total. The molecule has 0 saturated heterocycles. The number of carboxylic acid groups (broad SMARTS) is 1. The Morgan fingerprint density at radius 1 is 1.89 bits per heavy atom. The Hall–Kier alpha value is -1.39. The summed E-state index contributed by atoms with van der Waals surface area (Å²) in [7, 11) is 1.56. The second-order valence-corrected chi connectivity index (χ2v) is 1.52. The Labute approximate surface area is 50.9 Å². The van der Waals surface area contributed by atoms with Gasteiger partial charge in [0.15, 0.2) is 5.69 Å². The first-order chi connectivity index (χ1) is 4.20. The summed E-state index contributed by atoms with van der Waals surface area (Å²) in [6, 6.07) is 0. The van der Waals surface area contributed by atoms with Crippen LogP contribution in [0.1, 0.15) is 10.5 Å². The van der Waals surface area contributed by atoms with Gasteiger partial charge in [0, 0.05) is 7.05 Å². The monoisotopic (exact) mass is 127 g/mol. The minimum absolute atomic E-state index is 0.0301. The highest BCUT2D eigenvalue weighted by Crippen LogP contribution is 1.87. The van der Waals surface area contributed by atoms with E-state index in [4.69, 9.17) is 5.11 Å². The molecule has 0 aromatic carbocycles. The lowest BCUT2D eigenvalue weighted by molar-refractivity contribution is 0.0689. The third-order valence-corrected chi connectivity index (χ3v) is 0.819. The summed E-state index contributed by atoms with van der Waals surface area (Å²) in [6.45, 7) is 0. The maximum Gasteiger partial charge on any atom is 0.358 e. The van der Waals surface area contributed by atoms with Gasteiger partial charge in [0.05, 0.1) is 6.20 Å². The molecule has 0 saturated carbocycles. The summed E-state index contributed by atoms with van der Waals surface area (Å²) in [5.41, 5.74) is -0.0301. The average Bonchev–Trinajstić information content (AvgIpc) is 2.14. The molecule has 0 aliphatic heterocycles. The quantitative estimate of drug-likeness (QED) is 0.552. The Morgan fingerprint density at radius 3 is 2.78 bits per heavy atom. The van der Waals surface area contributed by atoms with Crippen LogP contribution in [0.5, 0.6) is 0 Å². The fourth-order valence-electron chi connectivity index (χ4n) is 0.444. The van der Waals surface area contributed by atoms with E-state index < -0.39 is 5.97 Å². The van der Waals surface area contributed by atoms with Crippen LogP contribution in [0.2, 0.25) is 0 Å². The van der Waals surface area contributed by atoms with Crippen LogP contribution in [-0.4, -0.2) is 26.1 Å². The van der Waals surface area contributed by atoms with Crippen molar-refractivity contribution in [1.29, 1.82) is 0 Å². The molecule has 1 N–H and O–H groups in total. The van der Waals surface area contributed by atoms with Crippen LogP contribution in [0.4, 0.5) is 0 Å². The van der Waals surface area contributed by atoms with E-state index in [1.165, 1.54) is 11.0 Å². The van der Waals surface area contributed by atoms with Gasteiger partial charge in [-0.05, 0) is 0 Å². The molecule has 0 fully saturated rings. The summed E-state index contributed by atoms with van der Waals surface area (Å²) in [5, 5.41) is 15.4. The standard InChI is InChI=1S/C4H5N3O2/c1-7-5-2-3(6-7)4(8)9/h2H,1H3,(H,8,9). The molecule has 0 unspecified atom stereocenters. The largest absolute Gasteiger partial charge is 0.476 e. The lowest BCUT2D eigenvalue weighted by Crippen LogP contribution is -1.99. The number of rotatable bonds is 1. The molecule has 1 heterocycles. The number of carbonyl (C=O) groups is 1. The van der Waals surface area contributed by atoms with Crippen LogP contribution >= 0.6 is 0 Å². The number of aromatic carboxylic acids is 1. The van der Waals surface area contributed by atoms with Crippen molar-refractivity contribution < 1.29 is 9.90 Å². The zero-order valence-electron chi connectivity index (χ0n) is 4.77. The molecular formula is C4H5N3O2. The number of aryl methyl sites for hydroxylation is 1. The van der Waals surface area contributed by atoms with Gasteiger partial charge in [-0.15, -0.1) is 5.10 Å². The number of nitrogens with zero attached hydrogens (tertiary/aromatic N) is 3. The number of hydrogen-bond acceptors (Lipinski definition) is 3. The first-order valence-electron chi connectivity index (χ1n) is 2.30. The zero-order chi connectivity index (χ0) is 6.85. The third kappa shape index (κ3) is 1.04. The molecule has 0 aliphatic rings. The summed E-state index contributed by atoms with van der Waals surface area (Å²) < 4.78 is 0. The number of aromatic nitrogens is 3. The molecule has 1 aromatic heterocycles. The smallest absolute Gasteiger partial charge is 0.358 e. The van der Waals surface area contributed by atoms with E-state index in [0.29, 0.717) is 0 Å². The van der Waals surface area contributed by atoms with Gasteiger partial charge in [0.25, 0.3) is 0 Å². The first-order valence-corrected chi connectivity index (χ1v) is 2.30. The molecular weight excluding hydrogens is 122 g/mol. The molecule has 0 spiro atoms. The van der Waals surface area contributed by atoms with Crippen molar-refractivity contribution in [2.45, 2.75) is 0 Å². The summed E-state index contributed by atoms with van der Waals surface area (Å²) in [4.78, 5) is 11.3. The van der Waals surface area contributed by atoms with Crippen LogP contribution < -0.4 is 0 Å². The summed E-state index contributed by atoms with van der Waals surface area (Å²) in [5.74, 6) is -1.05. The van der Waals surface area contributed by atoms with Gasteiger partial charge < -0.3 is 5.11 Å². The van der Waals surface area contributed by atoms with E-state index in [1.807, 2.05) is 0 Å². The molecule has 0 radical (unpaired) electrons. The minimum atomic E-state index is -1.05. The van der Waals surface area contributed by atoms with Crippen LogP contribution in [0.25, 0.3) is 0 Å². The van der Waals surface area contributed by atoms with Gasteiger partial charge in [-0.2, -0.15) is 9.90 Å². The molecule has 1 aromatic rings. The molecule has 0 amide bonds. The van der Waals surface area contributed by atoms with Crippen LogP contribution in [0.15, 0.2) is 6.20 Å². The fraction of sp³-hybridized carbons (Fsp3) is 0.250. The van der Waals surface area contributed by atoms with E-state index >= 15 is 0 Å². The topological polar surface area (TPSA) is 68.0 Å². The van der Waals surface area contributed by atoms with Crippen molar-refractivity contribution in [1.82, 2.24) is 15.0 Å². The van der Waals surface area contributed by atoms with Crippen LogP contribution in [0, 0.1) is 0 Å². The highest BCUT2D eigenvalue weighted by Gasteiger charge is 2.04. The van der Waals surface area contributed by atoms with Gasteiger partial charge >= 0.3 is 5.97 Å². The molecule has 0 aliphatic carbocycles. The molecule has 9 heavy (non-hydrogen) atoms. The van der Waals surface area contributed by atoms with Gasteiger partial charge in [0.2, 0.25) is 0 Å². The van der Waals surface area contributed by atoms with Gasteiger partial charge in [0.1, 0.15) is 0 Å². The Bertz CT molecular complexity index is 229. The van der Waals surface area contributed by atoms with Crippen molar-refractivity contribution >= 4 is 5.97 Å². The van der Waals surface area contributed by atoms with Gasteiger partial charge in [-0.1, -0.05) is 0 Å². The van der Waals surface area contributed by atoms with Crippen molar-refractivity contribution in [2.75, 3.05) is 0 Å². The predicted molar refractivity (Wildman–Crippen MR) is 28.0 cm³/mol. The van der Waals surface area contributed by atoms with Crippen molar-refractivity contribution in [3.8, 4) is 0 Å². The third-order valence-electron chi connectivity index (χ3n) is 0.819. The highest BCUT2D eigenvalue weighted by atomic mass is 16.4. The molecule has 1 rings (SSSR count). The second-order valence-electron chi connectivity index (χ2n) is 1.52. The number of carboxylic acids is 1. The van der Waals surface area contributed by atoms with E-state index in [-0.39, 0.29) is 5.69 Å². The van der Waals surface area contributed by atoms with Crippen LogP contribution in [-0.2, 0) is 7.05 Å². The minimum Gasteiger partial charge on any atom is -0.476 e. The number of hydrogen-bond donors (Lipinski definition) is 1. The lowest BCUT2D eigenvalue weighted by atomic mass is 10.5. The van der Waals surface area contributed by atoms with Crippen molar-refractivity contribution in [3.63, 3.8) is 0 Å². The SMILES string of the molecule is Cn1ncc(C(=O)O)n1. The van der Waals surface area contributed by atoms with E-state index in [0.717, 1.165) is 0 Å². The van der Waals surface area contributed by atoms with Crippen molar-refractivity contribution in [2.24, 2.45) is 7.05 Å². The fourth-order valence-corrected chi connectivity index (χ4v) is 0.444. The average molecular weight is 127 g/mol. The maximum absolute atomic E-state index is 10.1. The predicted octanol–water partition coefficient (Wildman–Crippen LogP) is -0.487. The van der Waals surface area contributed by atoms with E-state index in [9.17, 15) is 4.79 Å². The highest BCUT2D eigenvalue weighted by molar-refractivity contribution is 5.84. The van der Waals surface area contributed by atoms with Gasteiger partial charge in [-0.25, -0.2) is 4.79 Å². The Kier molecular flexibility index (Phi) is 1.18. The normalized spacial score (nSPS) is 9.44. The van der Waals surface area contributed by atoms with Gasteiger partial charge in [-0.3, -0.25) is 0 Å². The summed E-state index contributed by atoms with van der Waals surface area (Å²) in [6.07, 6.45) is 1.20. The van der Waals surface area contributed by atoms with E-state index in [2.05, 4.69) is 10.2 Å². The first kappa shape index (κ1) is 5.74. The van der Waals surface area contributed by atoms with Crippen molar-refractivity contribution in [3.05, 3.63) is 11.9 Å². The summed E-state index contributed by atoms with van der Waals surface area (Å²) >= 11 is 0.